The summed E-state index contributed by atoms with van der Waals surface area (Å²) in [5, 5.41) is 11.7. The van der Waals surface area contributed by atoms with E-state index in [0.717, 1.165) is 51.4 Å². The molecule has 1 saturated heterocycles. The van der Waals surface area contributed by atoms with Crippen molar-refractivity contribution in [2.75, 3.05) is 44.2 Å². The van der Waals surface area contributed by atoms with Crippen LogP contribution in [0.2, 0.25) is 0 Å². The molecular weight excluding hydrogens is 278 g/mol. The molecule has 0 unspecified atom stereocenters. The van der Waals surface area contributed by atoms with Gasteiger partial charge in [-0.15, -0.1) is 0 Å². The van der Waals surface area contributed by atoms with Crippen molar-refractivity contribution in [1.29, 1.82) is 5.26 Å². The van der Waals surface area contributed by atoms with Crippen molar-refractivity contribution >= 4 is 11.7 Å². The molecule has 2 rings (SSSR count). The van der Waals surface area contributed by atoms with Crippen LogP contribution in [0.1, 0.15) is 25.3 Å². The second kappa shape index (κ2) is 8.35. The van der Waals surface area contributed by atoms with Crippen molar-refractivity contribution in [2.24, 2.45) is 0 Å². The summed E-state index contributed by atoms with van der Waals surface area (Å²) in [4.78, 5) is 20.5. The van der Waals surface area contributed by atoms with E-state index in [0.29, 0.717) is 12.1 Å². The van der Waals surface area contributed by atoms with Crippen LogP contribution in [0.5, 0.6) is 0 Å². The van der Waals surface area contributed by atoms with Gasteiger partial charge in [0.2, 0.25) is 5.91 Å². The Bertz CT molecular complexity index is 514. The number of nitriles is 1. The molecule has 0 atom stereocenters. The number of nitrogens with one attached hydrogen (secondary N) is 1. The number of hydrogen-bond donors (Lipinski definition) is 1. The van der Waals surface area contributed by atoms with E-state index in [4.69, 9.17) is 5.26 Å². The Morgan fingerprint density at radius 2 is 2.14 bits per heavy atom. The quantitative estimate of drug-likeness (QED) is 0.793. The standard InChI is InChI=1S/C16H23N5O/c1-2-3-6-18-16(22)13-20-7-9-21(10-8-20)15-5-4-14(11-17)12-19-15/h4-5,12H,2-3,6-10,13H2,1H3,(H,18,22). The fraction of sp³-hybridized carbons (Fsp3) is 0.562. The Morgan fingerprint density at radius 3 is 2.73 bits per heavy atom. The van der Waals surface area contributed by atoms with Gasteiger partial charge >= 0.3 is 0 Å². The van der Waals surface area contributed by atoms with Gasteiger partial charge in [-0.05, 0) is 18.6 Å². The van der Waals surface area contributed by atoms with Crippen molar-refractivity contribution in [3.05, 3.63) is 23.9 Å². The van der Waals surface area contributed by atoms with Crippen LogP contribution in [0.15, 0.2) is 18.3 Å². The average molecular weight is 301 g/mol. The fourth-order valence-electron chi connectivity index (χ4n) is 2.44. The molecule has 1 fully saturated rings. The molecule has 0 aromatic carbocycles. The number of carbonyl (C=O) groups excluding carboxylic acids is 1. The largest absolute Gasteiger partial charge is 0.355 e. The molecule has 1 aromatic heterocycles. The summed E-state index contributed by atoms with van der Waals surface area (Å²) in [5.74, 6) is 1.00. The van der Waals surface area contributed by atoms with Crippen LogP contribution in [0.4, 0.5) is 5.82 Å². The highest BCUT2D eigenvalue weighted by Crippen LogP contribution is 2.13. The second-order valence-corrected chi connectivity index (χ2v) is 5.48. The highest BCUT2D eigenvalue weighted by atomic mass is 16.2. The van der Waals surface area contributed by atoms with Crippen LogP contribution < -0.4 is 10.2 Å². The summed E-state index contributed by atoms with van der Waals surface area (Å²) in [6.07, 6.45) is 3.73. The van der Waals surface area contributed by atoms with Crippen molar-refractivity contribution < 1.29 is 4.79 Å². The van der Waals surface area contributed by atoms with Crippen LogP contribution in [0.3, 0.4) is 0 Å². The zero-order valence-corrected chi connectivity index (χ0v) is 13.1. The van der Waals surface area contributed by atoms with Crippen LogP contribution in [-0.2, 0) is 4.79 Å². The number of unbranched alkanes of at least 4 members (excludes halogenated alkanes) is 1. The molecular formula is C16H23N5O. The topological polar surface area (TPSA) is 72.3 Å². The number of hydrogen-bond acceptors (Lipinski definition) is 5. The Labute approximate surface area is 131 Å². The van der Waals surface area contributed by atoms with Crippen molar-refractivity contribution in [3.63, 3.8) is 0 Å². The minimum absolute atomic E-state index is 0.110. The number of nitrogens with zero attached hydrogens (tertiary/aromatic N) is 4. The SMILES string of the molecule is CCCCNC(=O)CN1CCN(c2ccc(C#N)cn2)CC1. The number of amides is 1. The second-order valence-electron chi connectivity index (χ2n) is 5.48. The van der Waals surface area contributed by atoms with E-state index < -0.39 is 0 Å². The van der Waals surface area contributed by atoms with Gasteiger partial charge in [0, 0.05) is 38.9 Å². The van der Waals surface area contributed by atoms with Crippen LogP contribution >= 0.6 is 0 Å². The van der Waals surface area contributed by atoms with E-state index in [1.165, 1.54) is 0 Å². The minimum Gasteiger partial charge on any atom is -0.355 e. The third-order valence-corrected chi connectivity index (χ3v) is 3.79. The number of aromatic nitrogens is 1. The van der Waals surface area contributed by atoms with Gasteiger partial charge in [-0.25, -0.2) is 4.98 Å². The van der Waals surface area contributed by atoms with Crippen molar-refractivity contribution in [1.82, 2.24) is 15.2 Å². The molecule has 22 heavy (non-hydrogen) atoms. The normalized spacial score (nSPS) is 15.4. The molecule has 0 spiro atoms. The number of piperazine rings is 1. The van der Waals surface area contributed by atoms with Crippen LogP contribution in [0.25, 0.3) is 0 Å². The maximum Gasteiger partial charge on any atom is 0.234 e. The van der Waals surface area contributed by atoms with E-state index in [9.17, 15) is 4.79 Å². The maximum atomic E-state index is 11.8. The molecule has 0 saturated carbocycles. The van der Waals surface area contributed by atoms with Crippen molar-refractivity contribution in [3.8, 4) is 6.07 Å². The lowest BCUT2D eigenvalue weighted by Gasteiger charge is -2.35. The first-order chi connectivity index (χ1) is 10.7. The Kier molecular flexibility index (Phi) is 6.16. The van der Waals surface area contributed by atoms with Gasteiger partial charge in [-0.1, -0.05) is 13.3 Å². The maximum absolute atomic E-state index is 11.8. The summed E-state index contributed by atoms with van der Waals surface area (Å²) < 4.78 is 0. The average Bonchev–Trinajstić information content (AvgIpc) is 2.56. The summed E-state index contributed by atoms with van der Waals surface area (Å²) in [6, 6.07) is 5.74. The number of carbonyl (C=O) groups is 1. The lowest BCUT2D eigenvalue weighted by Crippen LogP contribution is -2.49. The summed E-state index contributed by atoms with van der Waals surface area (Å²) >= 11 is 0. The number of rotatable bonds is 6. The molecule has 6 heteroatoms. The van der Waals surface area contributed by atoms with Gasteiger partial charge in [0.25, 0.3) is 0 Å². The highest BCUT2D eigenvalue weighted by molar-refractivity contribution is 5.78. The Morgan fingerprint density at radius 1 is 1.36 bits per heavy atom. The predicted octanol–water partition coefficient (Wildman–Crippen LogP) is 0.992. The highest BCUT2D eigenvalue weighted by Gasteiger charge is 2.19. The molecule has 6 nitrogen and oxygen atoms in total. The van der Waals surface area contributed by atoms with E-state index in [2.05, 4.69) is 33.1 Å². The third kappa shape index (κ3) is 4.71. The molecule has 118 valence electrons. The number of pyridine rings is 1. The molecule has 2 heterocycles. The van der Waals surface area contributed by atoms with Crippen LogP contribution in [0, 0.1) is 11.3 Å². The summed E-state index contributed by atoms with van der Waals surface area (Å²) in [7, 11) is 0. The smallest absolute Gasteiger partial charge is 0.234 e. The van der Waals surface area contributed by atoms with Gasteiger partial charge in [0.05, 0.1) is 12.1 Å². The van der Waals surface area contributed by atoms with E-state index >= 15 is 0 Å². The first-order valence-electron chi connectivity index (χ1n) is 7.83. The molecule has 0 bridgehead atoms. The lowest BCUT2D eigenvalue weighted by molar-refractivity contribution is -0.122. The first-order valence-corrected chi connectivity index (χ1v) is 7.83. The molecule has 1 aromatic rings. The zero-order valence-electron chi connectivity index (χ0n) is 13.1. The van der Waals surface area contributed by atoms with Gasteiger partial charge in [-0.2, -0.15) is 5.26 Å². The monoisotopic (exact) mass is 301 g/mol. The van der Waals surface area contributed by atoms with Gasteiger partial charge < -0.3 is 10.2 Å². The third-order valence-electron chi connectivity index (χ3n) is 3.79. The molecule has 1 aliphatic heterocycles. The molecule has 1 N–H and O–H groups in total. The van der Waals surface area contributed by atoms with Crippen LogP contribution in [-0.4, -0.2) is 55.1 Å². The molecule has 1 aliphatic rings. The lowest BCUT2D eigenvalue weighted by atomic mass is 10.2. The van der Waals surface area contributed by atoms with Gasteiger partial charge in [0.15, 0.2) is 0 Å². The summed E-state index contributed by atoms with van der Waals surface area (Å²) in [5.41, 5.74) is 0.575. The van der Waals surface area contributed by atoms with Crippen molar-refractivity contribution in [2.45, 2.75) is 19.8 Å². The molecule has 0 radical (unpaired) electrons. The Hall–Kier alpha value is -2.13. The zero-order chi connectivity index (χ0) is 15.8. The molecule has 1 amide bonds. The van der Waals surface area contributed by atoms with Gasteiger partial charge in [0.1, 0.15) is 11.9 Å². The minimum atomic E-state index is 0.110. The van der Waals surface area contributed by atoms with Gasteiger partial charge in [-0.3, -0.25) is 9.69 Å². The summed E-state index contributed by atoms with van der Waals surface area (Å²) in [6.45, 7) is 6.75. The first kappa shape index (κ1) is 16.2. The fourth-order valence-corrected chi connectivity index (χ4v) is 2.44. The molecule has 0 aliphatic carbocycles. The van der Waals surface area contributed by atoms with E-state index in [1.807, 2.05) is 6.07 Å². The van der Waals surface area contributed by atoms with E-state index in [-0.39, 0.29) is 5.91 Å². The number of anilines is 1. The van der Waals surface area contributed by atoms with E-state index in [1.54, 1.807) is 12.3 Å². The Balaban J connectivity index is 1.75. The predicted molar refractivity (Wildman–Crippen MR) is 85.5 cm³/mol.